The van der Waals surface area contributed by atoms with Crippen molar-refractivity contribution in [1.82, 2.24) is 4.98 Å². The highest BCUT2D eigenvalue weighted by molar-refractivity contribution is 6.24. The average Bonchev–Trinajstić information content (AvgIpc) is 2.89. The third-order valence-corrected chi connectivity index (χ3v) is 3.10. The summed E-state index contributed by atoms with van der Waals surface area (Å²) in [7, 11) is 2.50. The van der Waals surface area contributed by atoms with Crippen molar-refractivity contribution in [1.29, 1.82) is 0 Å². The topological polar surface area (TPSA) is 77.6 Å². The number of fused-ring (bicyclic) bond motifs is 1. The quantitative estimate of drug-likeness (QED) is 0.677. The molecular formula is C16H17NO5. The summed E-state index contributed by atoms with van der Waals surface area (Å²) >= 11 is 0. The van der Waals surface area contributed by atoms with Crippen LogP contribution in [0.5, 0.6) is 5.88 Å². The number of ether oxygens (including phenoxy) is 3. The van der Waals surface area contributed by atoms with E-state index in [2.05, 4.69) is 9.72 Å². The Balaban J connectivity index is 2.71. The summed E-state index contributed by atoms with van der Waals surface area (Å²) < 4.78 is 14.9. The third kappa shape index (κ3) is 2.95. The zero-order chi connectivity index (χ0) is 16.1. The predicted molar refractivity (Wildman–Crippen MR) is 81.5 cm³/mol. The van der Waals surface area contributed by atoms with Gasteiger partial charge in [0.15, 0.2) is 5.88 Å². The standard InChI is InChI=1S/C16H17NO5/c1-4-22-15-14(10-7-5-6-8-12(10)17-15)11(16(19)21-3)9-13(18)20-2/h5-9,17H,4H2,1-3H3/b11-9-. The van der Waals surface area contributed by atoms with Gasteiger partial charge in [0.25, 0.3) is 0 Å². The Morgan fingerprint density at radius 2 is 1.91 bits per heavy atom. The Morgan fingerprint density at radius 3 is 2.55 bits per heavy atom. The van der Waals surface area contributed by atoms with Crippen LogP contribution in [-0.2, 0) is 19.1 Å². The first-order chi connectivity index (χ1) is 10.6. The number of benzene rings is 1. The van der Waals surface area contributed by atoms with Crippen LogP contribution in [0.15, 0.2) is 30.3 Å². The van der Waals surface area contributed by atoms with E-state index in [-0.39, 0.29) is 5.57 Å². The molecule has 0 spiro atoms. The molecule has 0 bridgehead atoms. The molecule has 116 valence electrons. The first-order valence-electron chi connectivity index (χ1n) is 6.74. The molecule has 1 aromatic heterocycles. The molecule has 0 amide bonds. The van der Waals surface area contributed by atoms with Crippen molar-refractivity contribution in [2.45, 2.75) is 6.92 Å². The summed E-state index contributed by atoms with van der Waals surface area (Å²) in [6.07, 6.45) is 1.10. The Kier molecular flexibility index (Phi) is 4.83. The molecule has 6 heteroatoms. The monoisotopic (exact) mass is 303 g/mol. The average molecular weight is 303 g/mol. The molecule has 22 heavy (non-hydrogen) atoms. The molecule has 0 aliphatic carbocycles. The van der Waals surface area contributed by atoms with Crippen LogP contribution in [0.3, 0.4) is 0 Å². The summed E-state index contributed by atoms with van der Waals surface area (Å²) in [5.41, 5.74) is 1.35. The minimum Gasteiger partial charge on any atom is -0.479 e. The van der Waals surface area contributed by atoms with Gasteiger partial charge >= 0.3 is 11.9 Å². The third-order valence-electron chi connectivity index (χ3n) is 3.10. The minimum atomic E-state index is -0.645. The number of carbonyl (C=O) groups excluding carboxylic acids is 2. The van der Waals surface area contributed by atoms with Crippen LogP contribution in [0.1, 0.15) is 12.5 Å². The van der Waals surface area contributed by atoms with Crippen molar-refractivity contribution in [3.8, 4) is 5.88 Å². The summed E-state index contributed by atoms with van der Waals surface area (Å²) in [4.78, 5) is 26.8. The van der Waals surface area contributed by atoms with Crippen LogP contribution >= 0.6 is 0 Å². The lowest BCUT2D eigenvalue weighted by Gasteiger charge is -2.08. The summed E-state index contributed by atoms with van der Waals surface area (Å²) in [5, 5.41) is 0.756. The summed E-state index contributed by atoms with van der Waals surface area (Å²) in [6, 6.07) is 7.38. The van der Waals surface area contributed by atoms with Gasteiger partial charge in [-0.25, -0.2) is 9.59 Å². The highest BCUT2D eigenvalue weighted by Crippen LogP contribution is 2.34. The number of aromatic amines is 1. The van der Waals surface area contributed by atoms with Crippen LogP contribution < -0.4 is 4.74 Å². The van der Waals surface area contributed by atoms with E-state index in [1.54, 1.807) is 0 Å². The van der Waals surface area contributed by atoms with Crippen molar-refractivity contribution in [2.24, 2.45) is 0 Å². The number of hydrogen-bond acceptors (Lipinski definition) is 5. The highest BCUT2D eigenvalue weighted by Gasteiger charge is 2.23. The second kappa shape index (κ2) is 6.80. The molecule has 0 aliphatic heterocycles. The maximum Gasteiger partial charge on any atom is 0.338 e. The summed E-state index contributed by atoms with van der Waals surface area (Å²) in [5.74, 6) is -0.881. The van der Waals surface area contributed by atoms with Crippen molar-refractivity contribution >= 4 is 28.4 Å². The number of hydrogen-bond donors (Lipinski definition) is 1. The van der Waals surface area contributed by atoms with Gasteiger partial charge in [-0.3, -0.25) is 0 Å². The highest BCUT2D eigenvalue weighted by atomic mass is 16.5. The number of rotatable bonds is 5. The zero-order valence-corrected chi connectivity index (χ0v) is 12.6. The van der Waals surface area contributed by atoms with E-state index in [0.717, 1.165) is 17.0 Å². The number of carbonyl (C=O) groups is 2. The van der Waals surface area contributed by atoms with Crippen LogP contribution in [0.2, 0.25) is 0 Å². The lowest BCUT2D eigenvalue weighted by atomic mass is 10.0. The predicted octanol–water partition coefficient (Wildman–Crippen LogP) is 2.30. The molecule has 2 aromatic rings. The maximum absolute atomic E-state index is 12.1. The van der Waals surface area contributed by atoms with E-state index in [9.17, 15) is 9.59 Å². The molecule has 0 saturated heterocycles. The first-order valence-corrected chi connectivity index (χ1v) is 6.74. The van der Waals surface area contributed by atoms with Gasteiger partial charge in [0.2, 0.25) is 0 Å². The Labute approximate surface area is 127 Å². The Hall–Kier alpha value is -2.76. The van der Waals surface area contributed by atoms with Crippen molar-refractivity contribution < 1.29 is 23.8 Å². The van der Waals surface area contributed by atoms with Gasteiger partial charge in [0.1, 0.15) is 0 Å². The van der Waals surface area contributed by atoms with Gasteiger partial charge in [-0.1, -0.05) is 18.2 Å². The van der Waals surface area contributed by atoms with Gasteiger partial charge < -0.3 is 19.2 Å². The maximum atomic E-state index is 12.1. The van der Waals surface area contributed by atoms with Gasteiger partial charge in [0, 0.05) is 17.0 Å². The van der Waals surface area contributed by atoms with E-state index in [1.807, 2.05) is 31.2 Å². The van der Waals surface area contributed by atoms with E-state index in [0.29, 0.717) is 18.1 Å². The minimum absolute atomic E-state index is 0.0789. The van der Waals surface area contributed by atoms with Gasteiger partial charge in [0.05, 0.1) is 32.0 Å². The second-order valence-electron chi connectivity index (χ2n) is 4.38. The fourth-order valence-corrected chi connectivity index (χ4v) is 2.16. The fourth-order valence-electron chi connectivity index (χ4n) is 2.16. The Bertz CT molecular complexity index is 729. The van der Waals surface area contributed by atoms with Gasteiger partial charge in [-0.15, -0.1) is 0 Å². The number of nitrogens with one attached hydrogen (secondary N) is 1. The lowest BCUT2D eigenvalue weighted by Crippen LogP contribution is -2.08. The normalized spacial score (nSPS) is 11.3. The van der Waals surface area contributed by atoms with Crippen LogP contribution in [0.25, 0.3) is 16.5 Å². The van der Waals surface area contributed by atoms with Gasteiger partial charge in [-0.05, 0) is 13.0 Å². The van der Waals surface area contributed by atoms with Crippen LogP contribution in [-0.4, -0.2) is 37.7 Å². The molecule has 0 unspecified atom stereocenters. The van der Waals surface area contributed by atoms with Crippen LogP contribution in [0, 0.1) is 0 Å². The number of esters is 2. The second-order valence-corrected chi connectivity index (χ2v) is 4.38. The molecule has 0 fully saturated rings. The number of aromatic nitrogens is 1. The van der Waals surface area contributed by atoms with Crippen molar-refractivity contribution in [2.75, 3.05) is 20.8 Å². The largest absolute Gasteiger partial charge is 0.479 e. The molecule has 1 N–H and O–H groups in total. The smallest absolute Gasteiger partial charge is 0.338 e. The zero-order valence-electron chi connectivity index (χ0n) is 12.6. The molecule has 2 rings (SSSR count). The summed E-state index contributed by atoms with van der Waals surface area (Å²) in [6.45, 7) is 2.24. The number of para-hydroxylation sites is 1. The molecule has 1 heterocycles. The molecule has 0 aliphatic rings. The SMILES string of the molecule is CCOc1[nH]c2ccccc2c1/C(=C/C(=O)OC)C(=O)OC. The van der Waals surface area contributed by atoms with Crippen molar-refractivity contribution in [3.63, 3.8) is 0 Å². The fraction of sp³-hybridized carbons (Fsp3) is 0.250. The van der Waals surface area contributed by atoms with Crippen molar-refractivity contribution in [3.05, 3.63) is 35.9 Å². The molecule has 0 radical (unpaired) electrons. The number of H-pyrrole nitrogens is 1. The lowest BCUT2D eigenvalue weighted by molar-refractivity contribution is -0.136. The molecule has 0 atom stereocenters. The van der Waals surface area contributed by atoms with E-state index in [4.69, 9.17) is 9.47 Å². The molecule has 1 aromatic carbocycles. The van der Waals surface area contributed by atoms with E-state index < -0.39 is 11.9 Å². The molecule has 6 nitrogen and oxygen atoms in total. The van der Waals surface area contributed by atoms with E-state index >= 15 is 0 Å². The Morgan fingerprint density at radius 1 is 1.18 bits per heavy atom. The first kappa shape index (κ1) is 15.6. The molecule has 0 saturated carbocycles. The molecular weight excluding hydrogens is 286 g/mol. The van der Waals surface area contributed by atoms with Gasteiger partial charge in [-0.2, -0.15) is 0 Å². The van der Waals surface area contributed by atoms with E-state index in [1.165, 1.54) is 14.2 Å². The van der Waals surface area contributed by atoms with Crippen LogP contribution in [0.4, 0.5) is 0 Å². The number of methoxy groups -OCH3 is 2.